The molecule has 3 nitrogen and oxygen atoms in total. The van der Waals surface area contributed by atoms with Crippen molar-refractivity contribution in [2.45, 2.75) is 19.9 Å². The summed E-state index contributed by atoms with van der Waals surface area (Å²) in [6, 6.07) is 6.09. The van der Waals surface area contributed by atoms with Crippen LogP contribution in [-0.4, -0.2) is 26.2 Å². The number of halogens is 1. The standard InChI is InChI=1S/C12H19ClN2O/c1-4-15(9(2)8-14)10-5-6-12(16-3)11(13)7-10/h5-7,9H,4,8,14H2,1-3H3. The molecule has 0 aromatic heterocycles. The van der Waals surface area contributed by atoms with Crippen LogP contribution >= 0.6 is 11.6 Å². The van der Waals surface area contributed by atoms with Crippen LogP contribution < -0.4 is 15.4 Å². The van der Waals surface area contributed by atoms with Gasteiger partial charge in [-0.15, -0.1) is 0 Å². The van der Waals surface area contributed by atoms with Crippen LogP contribution in [0, 0.1) is 0 Å². The van der Waals surface area contributed by atoms with Crippen molar-refractivity contribution in [2.24, 2.45) is 5.73 Å². The Morgan fingerprint density at radius 2 is 2.19 bits per heavy atom. The average Bonchev–Trinajstić information content (AvgIpc) is 2.30. The maximum absolute atomic E-state index is 6.10. The van der Waals surface area contributed by atoms with Gasteiger partial charge in [0, 0.05) is 24.8 Å². The van der Waals surface area contributed by atoms with Gasteiger partial charge in [-0.25, -0.2) is 0 Å². The van der Waals surface area contributed by atoms with Crippen LogP contribution in [0.15, 0.2) is 18.2 Å². The number of likely N-dealkylation sites (N-methyl/N-ethyl adjacent to an activating group) is 1. The molecule has 1 unspecified atom stereocenters. The Bertz CT molecular complexity index is 344. The number of hydrogen-bond acceptors (Lipinski definition) is 3. The van der Waals surface area contributed by atoms with Gasteiger partial charge in [0.1, 0.15) is 5.75 Å². The zero-order chi connectivity index (χ0) is 12.1. The Labute approximate surface area is 102 Å². The normalized spacial score (nSPS) is 12.3. The number of methoxy groups -OCH3 is 1. The van der Waals surface area contributed by atoms with Gasteiger partial charge in [0.15, 0.2) is 0 Å². The molecule has 0 radical (unpaired) electrons. The van der Waals surface area contributed by atoms with Gasteiger partial charge in [-0.3, -0.25) is 0 Å². The molecule has 1 atom stereocenters. The molecule has 0 aliphatic rings. The van der Waals surface area contributed by atoms with Crippen LogP contribution in [0.5, 0.6) is 5.75 Å². The highest BCUT2D eigenvalue weighted by atomic mass is 35.5. The van der Waals surface area contributed by atoms with Crippen LogP contribution in [0.1, 0.15) is 13.8 Å². The van der Waals surface area contributed by atoms with E-state index in [1.54, 1.807) is 7.11 Å². The smallest absolute Gasteiger partial charge is 0.137 e. The Kier molecular flexibility index (Phi) is 4.90. The number of hydrogen-bond donors (Lipinski definition) is 1. The molecule has 0 spiro atoms. The van der Waals surface area contributed by atoms with Crippen LogP contribution in [0.25, 0.3) is 0 Å². The molecule has 1 aromatic carbocycles. The van der Waals surface area contributed by atoms with E-state index < -0.39 is 0 Å². The second-order valence-electron chi connectivity index (χ2n) is 3.69. The minimum atomic E-state index is 0.300. The van der Waals surface area contributed by atoms with Gasteiger partial charge in [0.05, 0.1) is 12.1 Å². The number of nitrogens with zero attached hydrogens (tertiary/aromatic N) is 1. The Morgan fingerprint density at radius 1 is 1.50 bits per heavy atom. The first kappa shape index (κ1) is 13.1. The van der Waals surface area contributed by atoms with Gasteiger partial charge in [-0.05, 0) is 32.0 Å². The van der Waals surface area contributed by atoms with E-state index in [-0.39, 0.29) is 0 Å². The number of rotatable bonds is 5. The molecular weight excluding hydrogens is 224 g/mol. The van der Waals surface area contributed by atoms with Crippen LogP contribution in [0.4, 0.5) is 5.69 Å². The summed E-state index contributed by atoms with van der Waals surface area (Å²) in [7, 11) is 1.61. The van der Waals surface area contributed by atoms with Crippen molar-refractivity contribution in [3.63, 3.8) is 0 Å². The number of anilines is 1. The zero-order valence-corrected chi connectivity index (χ0v) is 10.8. The maximum atomic E-state index is 6.10. The summed E-state index contributed by atoms with van der Waals surface area (Å²) in [5.74, 6) is 0.696. The van der Waals surface area contributed by atoms with E-state index in [4.69, 9.17) is 22.1 Å². The van der Waals surface area contributed by atoms with Gasteiger partial charge in [0.25, 0.3) is 0 Å². The van der Waals surface area contributed by atoms with E-state index in [1.807, 2.05) is 18.2 Å². The fourth-order valence-electron chi connectivity index (χ4n) is 1.71. The first-order valence-electron chi connectivity index (χ1n) is 5.44. The Morgan fingerprint density at radius 3 is 2.62 bits per heavy atom. The fraction of sp³-hybridized carbons (Fsp3) is 0.500. The van der Waals surface area contributed by atoms with E-state index in [2.05, 4.69) is 18.7 Å². The second kappa shape index (κ2) is 5.97. The third-order valence-corrected chi connectivity index (χ3v) is 2.98. The number of benzene rings is 1. The van der Waals surface area contributed by atoms with Crippen molar-refractivity contribution in [1.29, 1.82) is 0 Å². The molecule has 0 heterocycles. The van der Waals surface area contributed by atoms with Gasteiger partial charge >= 0.3 is 0 Å². The zero-order valence-electron chi connectivity index (χ0n) is 10.0. The van der Waals surface area contributed by atoms with E-state index in [1.165, 1.54) is 0 Å². The molecule has 0 fully saturated rings. The lowest BCUT2D eigenvalue weighted by Gasteiger charge is -2.29. The van der Waals surface area contributed by atoms with Crippen LogP contribution in [0.3, 0.4) is 0 Å². The maximum Gasteiger partial charge on any atom is 0.137 e. The monoisotopic (exact) mass is 242 g/mol. The van der Waals surface area contributed by atoms with E-state index in [0.717, 1.165) is 12.2 Å². The summed E-state index contributed by atoms with van der Waals surface area (Å²) in [4.78, 5) is 2.21. The highest BCUT2D eigenvalue weighted by molar-refractivity contribution is 6.32. The van der Waals surface area contributed by atoms with Crippen molar-refractivity contribution in [3.05, 3.63) is 23.2 Å². The van der Waals surface area contributed by atoms with Gasteiger partial charge in [0.2, 0.25) is 0 Å². The molecule has 0 bridgehead atoms. The predicted molar refractivity (Wildman–Crippen MR) is 69.5 cm³/mol. The van der Waals surface area contributed by atoms with Crippen LogP contribution in [0.2, 0.25) is 5.02 Å². The molecule has 0 saturated carbocycles. The summed E-state index contributed by atoms with van der Waals surface area (Å²) in [5, 5.41) is 0.627. The molecule has 1 rings (SSSR count). The predicted octanol–water partition coefficient (Wildman–Crippen LogP) is 2.52. The summed E-state index contributed by atoms with van der Waals surface area (Å²) in [6.45, 7) is 5.73. The van der Waals surface area contributed by atoms with E-state index in [0.29, 0.717) is 23.4 Å². The molecule has 0 amide bonds. The fourth-order valence-corrected chi connectivity index (χ4v) is 1.96. The minimum Gasteiger partial charge on any atom is -0.495 e. The molecular formula is C12H19ClN2O. The Balaban J connectivity index is 2.98. The lowest BCUT2D eigenvalue weighted by molar-refractivity contribution is 0.415. The summed E-state index contributed by atoms with van der Waals surface area (Å²) >= 11 is 6.10. The Hall–Kier alpha value is -0.930. The van der Waals surface area contributed by atoms with Crippen molar-refractivity contribution in [1.82, 2.24) is 0 Å². The summed E-state index contributed by atoms with van der Waals surface area (Å²) in [5.41, 5.74) is 6.76. The first-order chi connectivity index (χ1) is 7.63. The van der Waals surface area contributed by atoms with Crippen molar-refractivity contribution < 1.29 is 4.74 Å². The largest absolute Gasteiger partial charge is 0.495 e. The summed E-state index contributed by atoms with van der Waals surface area (Å²) < 4.78 is 5.12. The van der Waals surface area contributed by atoms with Crippen molar-refractivity contribution in [2.75, 3.05) is 25.1 Å². The summed E-state index contributed by atoms with van der Waals surface area (Å²) in [6.07, 6.45) is 0. The third kappa shape index (κ3) is 2.80. The minimum absolute atomic E-state index is 0.300. The van der Waals surface area contributed by atoms with Gasteiger partial charge < -0.3 is 15.4 Å². The number of ether oxygens (including phenoxy) is 1. The molecule has 90 valence electrons. The van der Waals surface area contributed by atoms with Crippen LogP contribution in [-0.2, 0) is 0 Å². The molecule has 2 N–H and O–H groups in total. The quantitative estimate of drug-likeness (QED) is 0.863. The van der Waals surface area contributed by atoms with Gasteiger partial charge in [-0.2, -0.15) is 0 Å². The van der Waals surface area contributed by atoms with Crippen molar-refractivity contribution in [3.8, 4) is 5.75 Å². The highest BCUT2D eigenvalue weighted by Crippen LogP contribution is 2.29. The lowest BCUT2D eigenvalue weighted by Crippen LogP contribution is -2.38. The highest BCUT2D eigenvalue weighted by Gasteiger charge is 2.12. The second-order valence-corrected chi connectivity index (χ2v) is 4.10. The molecule has 0 aliphatic carbocycles. The topological polar surface area (TPSA) is 38.5 Å². The molecule has 0 saturated heterocycles. The van der Waals surface area contributed by atoms with Crippen molar-refractivity contribution >= 4 is 17.3 Å². The molecule has 0 aliphatic heterocycles. The van der Waals surface area contributed by atoms with Gasteiger partial charge in [-0.1, -0.05) is 11.6 Å². The molecule has 4 heteroatoms. The average molecular weight is 243 g/mol. The number of nitrogens with two attached hydrogens (primary N) is 1. The van der Waals surface area contributed by atoms with E-state index in [9.17, 15) is 0 Å². The molecule has 1 aromatic rings. The lowest BCUT2D eigenvalue weighted by atomic mass is 10.2. The third-order valence-electron chi connectivity index (χ3n) is 2.68. The first-order valence-corrected chi connectivity index (χ1v) is 5.82. The van der Waals surface area contributed by atoms with E-state index >= 15 is 0 Å². The molecule has 16 heavy (non-hydrogen) atoms. The SMILES string of the molecule is CCN(c1ccc(OC)c(Cl)c1)C(C)CN.